The molecule has 4 nitrogen and oxygen atoms in total. The molecule has 1 saturated heterocycles. The van der Waals surface area contributed by atoms with Gasteiger partial charge in [0.2, 0.25) is 0 Å². The molecule has 2 saturated carbocycles. The molecule has 3 fully saturated rings. The van der Waals surface area contributed by atoms with Gasteiger partial charge in [-0.1, -0.05) is 39.8 Å². The second-order valence-corrected chi connectivity index (χ2v) is 14.5. The topological polar surface area (TPSA) is 55.8 Å². The molecule has 0 aromatic heterocycles. The summed E-state index contributed by atoms with van der Waals surface area (Å²) in [7, 11) is 1.78. The SMILES string of the molecule is COC(C)(C)CCC[C@]1(C)OC(=O)[C@@]23CC=C4C(=CC(C)(C)[C@@H]5C[C@@H](O)CC[C@]45C)[C@]2(C)CC[C@H]13. The van der Waals surface area contributed by atoms with Crippen LogP contribution in [-0.4, -0.2) is 35.5 Å². The van der Waals surface area contributed by atoms with Crippen molar-refractivity contribution < 1.29 is 19.4 Å². The van der Waals surface area contributed by atoms with Gasteiger partial charge in [0, 0.05) is 18.4 Å². The molecule has 1 aliphatic heterocycles. The summed E-state index contributed by atoms with van der Waals surface area (Å²) in [6.45, 7) is 16.0. The fourth-order valence-electron chi connectivity index (χ4n) is 9.53. The van der Waals surface area contributed by atoms with Gasteiger partial charge in [0.05, 0.1) is 17.1 Å². The van der Waals surface area contributed by atoms with Gasteiger partial charge >= 0.3 is 5.97 Å². The van der Waals surface area contributed by atoms with Gasteiger partial charge in [-0.2, -0.15) is 0 Å². The summed E-state index contributed by atoms with van der Waals surface area (Å²) < 4.78 is 12.0. The van der Waals surface area contributed by atoms with Crippen molar-refractivity contribution in [3.8, 4) is 0 Å². The number of methoxy groups -OCH3 is 1. The predicted molar refractivity (Wildman–Crippen MR) is 139 cm³/mol. The number of ether oxygens (including phenoxy) is 2. The van der Waals surface area contributed by atoms with Crippen molar-refractivity contribution >= 4 is 5.97 Å². The lowest BCUT2D eigenvalue weighted by molar-refractivity contribution is -0.158. The summed E-state index contributed by atoms with van der Waals surface area (Å²) in [5.74, 6) is 0.712. The molecule has 1 N–H and O–H groups in total. The van der Waals surface area contributed by atoms with Crippen LogP contribution in [0.1, 0.15) is 106 Å². The summed E-state index contributed by atoms with van der Waals surface area (Å²) >= 11 is 0. The highest BCUT2D eigenvalue weighted by Crippen LogP contribution is 2.75. The van der Waals surface area contributed by atoms with Crippen molar-refractivity contribution in [3.05, 3.63) is 23.3 Å². The number of carbonyl (C=O) groups is 1. The normalized spacial score (nSPS) is 46.1. The summed E-state index contributed by atoms with van der Waals surface area (Å²) in [4.78, 5) is 14.0. The first-order valence-corrected chi connectivity index (χ1v) is 14.1. The Morgan fingerprint density at radius 3 is 2.49 bits per heavy atom. The molecule has 0 amide bonds. The second-order valence-electron chi connectivity index (χ2n) is 14.5. The van der Waals surface area contributed by atoms with Crippen LogP contribution in [0.3, 0.4) is 0 Å². The molecule has 4 aliphatic carbocycles. The zero-order valence-electron chi connectivity index (χ0n) is 23.4. The minimum Gasteiger partial charge on any atom is -0.459 e. The van der Waals surface area contributed by atoms with Crippen LogP contribution in [0.4, 0.5) is 0 Å². The minimum absolute atomic E-state index is 0.0139. The lowest BCUT2D eigenvalue weighted by Gasteiger charge is -2.60. The molecule has 0 unspecified atom stereocenters. The van der Waals surface area contributed by atoms with Crippen LogP contribution in [0.15, 0.2) is 23.3 Å². The number of hydrogen-bond acceptors (Lipinski definition) is 4. The predicted octanol–water partition coefficient (Wildman–Crippen LogP) is 6.76. The van der Waals surface area contributed by atoms with Crippen molar-refractivity contribution in [3.63, 3.8) is 0 Å². The zero-order valence-corrected chi connectivity index (χ0v) is 23.4. The number of aliphatic hydroxyl groups is 1. The van der Waals surface area contributed by atoms with Crippen LogP contribution >= 0.6 is 0 Å². The number of aliphatic hydroxyl groups excluding tert-OH is 1. The monoisotopic (exact) mass is 484 g/mol. The fourth-order valence-corrected chi connectivity index (χ4v) is 9.53. The standard InChI is InChI=1S/C31H48O4/c1-26(2)19-22-21(28(5)15-10-20(32)18-24(26)28)11-17-31-23(12-16-29(22,31)6)30(7,35-25(31)33)14-9-13-27(3,4)34-8/h11,19-20,23-24,32H,9-10,12-18H2,1-8H3/t20-,23+,24-,28+,29-,30-,31-/m0/s1. The van der Waals surface area contributed by atoms with E-state index in [2.05, 4.69) is 60.6 Å². The Balaban J connectivity index is 1.52. The van der Waals surface area contributed by atoms with Crippen LogP contribution in [-0.2, 0) is 14.3 Å². The van der Waals surface area contributed by atoms with Crippen LogP contribution in [0.25, 0.3) is 0 Å². The quantitative estimate of drug-likeness (QED) is 0.438. The van der Waals surface area contributed by atoms with Gasteiger partial charge in [0.1, 0.15) is 5.60 Å². The van der Waals surface area contributed by atoms with E-state index in [0.717, 1.165) is 57.8 Å². The molecule has 7 atom stereocenters. The molecule has 196 valence electrons. The number of cyclic esters (lactones) is 1. The van der Waals surface area contributed by atoms with Gasteiger partial charge in [-0.3, -0.25) is 4.79 Å². The van der Waals surface area contributed by atoms with E-state index in [4.69, 9.17) is 9.47 Å². The Bertz CT molecular complexity index is 974. The molecule has 5 aliphatic rings. The lowest BCUT2D eigenvalue weighted by Crippen LogP contribution is -2.54. The van der Waals surface area contributed by atoms with E-state index in [1.54, 1.807) is 7.11 Å². The number of carbonyl (C=O) groups excluding carboxylic acids is 1. The van der Waals surface area contributed by atoms with Gasteiger partial charge < -0.3 is 14.6 Å². The van der Waals surface area contributed by atoms with E-state index in [1.165, 1.54) is 11.1 Å². The maximum atomic E-state index is 14.0. The van der Waals surface area contributed by atoms with Gasteiger partial charge in [-0.15, -0.1) is 0 Å². The maximum Gasteiger partial charge on any atom is 0.314 e. The molecular formula is C31H48O4. The Hall–Kier alpha value is -1.13. The van der Waals surface area contributed by atoms with Crippen molar-refractivity contribution in [2.75, 3.05) is 7.11 Å². The van der Waals surface area contributed by atoms with E-state index < -0.39 is 11.0 Å². The molecule has 5 rings (SSSR count). The first-order chi connectivity index (χ1) is 16.2. The largest absolute Gasteiger partial charge is 0.459 e. The summed E-state index contributed by atoms with van der Waals surface area (Å²) in [5.41, 5.74) is 1.74. The number of allylic oxidation sites excluding steroid dienone is 4. The summed E-state index contributed by atoms with van der Waals surface area (Å²) in [6.07, 6.45) is 13.3. The summed E-state index contributed by atoms with van der Waals surface area (Å²) in [6, 6.07) is 0. The van der Waals surface area contributed by atoms with Crippen molar-refractivity contribution in [2.24, 2.45) is 33.5 Å². The molecular weight excluding hydrogens is 436 g/mol. The first kappa shape index (κ1) is 25.5. The number of hydrogen-bond donors (Lipinski definition) is 1. The zero-order chi connectivity index (χ0) is 25.7. The molecule has 0 aromatic carbocycles. The van der Waals surface area contributed by atoms with Gasteiger partial charge in [0.25, 0.3) is 0 Å². The Morgan fingerprint density at radius 1 is 1.09 bits per heavy atom. The molecule has 1 heterocycles. The van der Waals surface area contributed by atoms with E-state index in [0.29, 0.717) is 5.92 Å². The number of esters is 1. The highest BCUT2D eigenvalue weighted by molar-refractivity contribution is 5.84. The second kappa shape index (κ2) is 7.69. The highest BCUT2D eigenvalue weighted by atomic mass is 16.6. The van der Waals surface area contributed by atoms with E-state index in [9.17, 15) is 9.90 Å². The lowest BCUT2D eigenvalue weighted by atomic mass is 9.43. The number of fused-ring (bicyclic) bond motifs is 4. The van der Waals surface area contributed by atoms with Crippen molar-refractivity contribution in [1.29, 1.82) is 0 Å². The van der Waals surface area contributed by atoms with E-state index in [-0.39, 0.29) is 39.8 Å². The third-order valence-corrected chi connectivity index (χ3v) is 11.8. The number of rotatable bonds is 5. The van der Waals surface area contributed by atoms with Crippen LogP contribution in [0, 0.1) is 33.5 Å². The first-order valence-electron chi connectivity index (χ1n) is 14.1. The molecule has 0 radical (unpaired) electrons. The van der Waals surface area contributed by atoms with Crippen LogP contribution in [0.5, 0.6) is 0 Å². The van der Waals surface area contributed by atoms with Crippen LogP contribution < -0.4 is 0 Å². The third kappa shape index (κ3) is 3.34. The Labute approximate surface area is 212 Å². The molecule has 4 heteroatoms. The summed E-state index contributed by atoms with van der Waals surface area (Å²) in [5, 5.41) is 10.5. The minimum atomic E-state index is -0.457. The van der Waals surface area contributed by atoms with Gasteiger partial charge in [-0.05, 0) is 106 Å². The highest BCUT2D eigenvalue weighted by Gasteiger charge is 2.75. The third-order valence-electron chi connectivity index (χ3n) is 11.8. The maximum absolute atomic E-state index is 14.0. The van der Waals surface area contributed by atoms with Crippen molar-refractivity contribution in [1.82, 2.24) is 0 Å². The Morgan fingerprint density at radius 2 is 1.80 bits per heavy atom. The van der Waals surface area contributed by atoms with Gasteiger partial charge in [-0.25, -0.2) is 0 Å². The van der Waals surface area contributed by atoms with Crippen LogP contribution in [0.2, 0.25) is 0 Å². The smallest absolute Gasteiger partial charge is 0.314 e. The average Bonchev–Trinajstić information content (AvgIpc) is 3.20. The van der Waals surface area contributed by atoms with E-state index >= 15 is 0 Å². The molecule has 35 heavy (non-hydrogen) atoms. The van der Waals surface area contributed by atoms with Crippen molar-refractivity contribution in [2.45, 2.75) is 124 Å². The van der Waals surface area contributed by atoms with E-state index in [1.807, 2.05) is 0 Å². The molecule has 1 spiro atoms. The Kier molecular flexibility index (Phi) is 5.61. The van der Waals surface area contributed by atoms with Gasteiger partial charge in [0.15, 0.2) is 0 Å². The molecule has 0 aromatic rings. The fraction of sp³-hybridized carbons (Fsp3) is 0.839. The molecule has 0 bridgehead atoms. The average molecular weight is 485 g/mol.